The Hall–Kier alpha value is -0.210. The lowest BCUT2D eigenvalue weighted by atomic mass is 10.0. The third-order valence-electron chi connectivity index (χ3n) is 3.65. The molecule has 0 amide bonds. The second kappa shape index (κ2) is 5.62. The fourth-order valence-electron chi connectivity index (χ4n) is 2.69. The first-order valence-corrected chi connectivity index (χ1v) is 7.35. The van der Waals surface area contributed by atoms with Gasteiger partial charge < -0.3 is 0 Å². The van der Waals surface area contributed by atoms with Crippen molar-refractivity contribution in [1.82, 2.24) is 9.78 Å². The van der Waals surface area contributed by atoms with Crippen LogP contribution in [0.1, 0.15) is 44.5 Å². The number of hydrogen-bond acceptors (Lipinski definition) is 1. The Balaban J connectivity index is 2.16. The summed E-state index contributed by atoms with van der Waals surface area (Å²) in [5, 5.41) is 5.80. The lowest BCUT2D eigenvalue weighted by molar-refractivity contribution is 0.507. The second-order valence-electron chi connectivity index (χ2n) is 4.86. The van der Waals surface area contributed by atoms with Crippen LogP contribution in [0.3, 0.4) is 0 Å². The summed E-state index contributed by atoms with van der Waals surface area (Å²) >= 11 is 12.6. The first kappa shape index (κ1) is 13.2. The van der Waals surface area contributed by atoms with E-state index in [4.69, 9.17) is 23.2 Å². The molecule has 1 heterocycles. The van der Waals surface area contributed by atoms with E-state index in [1.54, 1.807) is 0 Å². The minimum atomic E-state index is 0.363. The van der Waals surface area contributed by atoms with Crippen molar-refractivity contribution in [1.29, 1.82) is 0 Å². The van der Waals surface area contributed by atoms with Crippen LogP contribution < -0.4 is 0 Å². The van der Waals surface area contributed by atoms with Gasteiger partial charge in [0, 0.05) is 11.9 Å². The van der Waals surface area contributed by atoms with E-state index in [0.29, 0.717) is 11.3 Å². The van der Waals surface area contributed by atoms with Crippen LogP contribution in [0.4, 0.5) is 0 Å². The predicted molar refractivity (Wildman–Crippen MR) is 73.0 cm³/mol. The van der Waals surface area contributed by atoms with Crippen LogP contribution in [0, 0.1) is 5.92 Å². The number of hydrogen-bond donors (Lipinski definition) is 0. The molecule has 1 aromatic heterocycles. The SMILES string of the molecule is CCc1nn(CC)c(CC2CCC(Cl)C2)c1Cl. The predicted octanol–water partition coefficient (Wildman–Crippen LogP) is 4.07. The summed E-state index contributed by atoms with van der Waals surface area (Å²) in [4.78, 5) is 0. The molecule has 0 radical (unpaired) electrons. The van der Waals surface area contributed by atoms with Gasteiger partial charge in [0.1, 0.15) is 0 Å². The van der Waals surface area contributed by atoms with E-state index < -0.39 is 0 Å². The summed E-state index contributed by atoms with van der Waals surface area (Å²) in [5.74, 6) is 0.682. The summed E-state index contributed by atoms with van der Waals surface area (Å²) in [6.07, 6.45) is 5.42. The van der Waals surface area contributed by atoms with Crippen molar-refractivity contribution in [2.45, 2.75) is 57.9 Å². The number of aromatic nitrogens is 2. The standard InChI is InChI=1S/C13H20Cl2N2/c1-3-11-13(15)12(17(4-2)16-11)8-9-5-6-10(14)7-9/h9-10H,3-8H2,1-2H3. The zero-order valence-corrected chi connectivity index (χ0v) is 12.1. The number of halogens is 2. The Kier molecular flexibility index (Phi) is 4.37. The van der Waals surface area contributed by atoms with E-state index >= 15 is 0 Å². The van der Waals surface area contributed by atoms with Crippen molar-refractivity contribution in [3.8, 4) is 0 Å². The largest absolute Gasteiger partial charge is 0.268 e. The van der Waals surface area contributed by atoms with Gasteiger partial charge >= 0.3 is 0 Å². The molecule has 0 aliphatic heterocycles. The molecule has 96 valence electrons. The van der Waals surface area contributed by atoms with Crippen molar-refractivity contribution in [3.63, 3.8) is 0 Å². The molecule has 17 heavy (non-hydrogen) atoms. The monoisotopic (exact) mass is 274 g/mol. The lowest BCUT2D eigenvalue weighted by Gasteiger charge is -2.11. The van der Waals surface area contributed by atoms with E-state index in [0.717, 1.165) is 42.9 Å². The summed E-state index contributed by atoms with van der Waals surface area (Å²) in [6.45, 7) is 5.11. The van der Waals surface area contributed by atoms with Crippen LogP contribution in [0.2, 0.25) is 5.02 Å². The third kappa shape index (κ3) is 2.79. The van der Waals surface area contributed by atoms with Crippen molar-refractivity contribution in [3.05, 3.63) is 16.4 Å². The Bertz CT molecular complexity index is 387. The molecular weight excluding hydrogens is 255 g/mol. The third-order valence-corrected chi connectivity index (χ3v) is 4.49. The highest BCUT2D eigenvalue weighted by Crippen LogP contribution is 2.34. The van der Waals surface area contributed by atoms with Crippen LogP contribution in [0.15, 0.2) is 0 Å². The zero-order chi connectivity index (χ0) is 12.4. The first-order valence-electron chi connectivity index (χ1n) is 6.53. The van der Waals surface area contributed by atoms with Crippen molar-refractivity contribution in [2.75, 3.05) is 0 Å². The maximum absolute atomic E-state index is 6.41. The highest BCUT2D eigenvalue weighted by atomic mass is 35.5. The molecule has 0 N–H and O–H groups in total. The zero-order valence-electron chi connectivity index (χ0n) is 10.5. The van der Waals surface area contributed by atoms with E-state index in [1.807, 2.05) is 0 Å². The maximum Gasteiger partial charge on any atom is 0.0849 e. The number of nitrogens with zero attached hydrogens (tertiary/aromatic N) is 2. The quantitative estimate of drug-likeness (QED) is 0.757. The molecule has 2 rings (SSSR count). The van der Waals surface area contributed by atoms with Gasteiger partial charge in [-0.05, 0) is 44.9 Å². The van der Waals surface area contributed by atoms with Crippen molar-refractivity contribution >= 4 is 23.2 Å². The Morgan fingerprint density at radius 2 is 2.12 bits per heavy atom. The van der Waals surface area contributed by atoms with Crippen LogP contribution in [0.5, 0.6) is 0 Å². The van der Waals surface area contributed by atoms with Gasteiger partial charge in [-0.25, -0.2) is 0 Å². The molecule has 1 saturated carbocycles. The highest BCUT2D eigenvalue weighted by molar-refractivity contribution is 6.31. The van der Waals surface area contributed by atoms with E-state index in [2.05, 4.69) is 23.6 Å². The second-order valence-corrected chi connectivity index (χ2v) is 5.85. The topological polar surface area (TPSA) is 17.8 Å². The van der Waals surface area contributed by atoms with E-state index in [9.17, 15) is 0 Å². The molecule has 4 heteroatoms. The molecule has 0 bridgehead atoms. The average Bonchev–Trinajstić information content (AvgIpc) is 2.85. The van der Waals surface area contributed by atoms with Crippen LogP contribution in [-0.2, 0) is 19.4 Å². The summed E-state index contributed by atoms with van der Waals surface area (Å²) in [5.41, 5.74) is 2.24. The minimum Gasteiger partial charge on any atom is -0.268 e. The van der Waals surface area contributed by atoms with Gasteiger partial charge in [0.05, 0.1) is 16.4 Å². The molecule has 0 aromatic carbocycles. The van der Waals surface area contributed by atoms with Gasteiger partial charge in [-0.3, -0.25) is 4.68 Å². The summed E-state index contributed by atoms with van der Waals surface area (Å²) in [7, 11) is 0. The Morgan fingerprint density at radius 3 is 2.65 bits per heavy atom. The summed E-state index contributed by atoms with van der Waals surface area (Å²) < 4.78 is 2.06. The van der Waals surface area contributed by atoms with Crippen LogP contribution in [-0.4, -0.2) is 15.2 Å². The molecule has 1 aliphatic carbocycles. The molecule has 2 atom stereocenters. The van der Waals surface area contributed by atoms with Crippen LogP contribution in [0.25, 0.3) is 0 Å². The smallest absolute Gasteiger partial charge is 0.0849 e. The van der Waals surface area contributed by atoms with Crippen LogP contribution >= 0.6 is 23.2 Å². The normalized spacial score (nSPS) is 24.5. The Morgan fingerprint density at radius 1 is 1.35 bits per heavy atom. The average molecular weight is 275 g/mol. The summed E-state index contributed by atoms with van der Waals surface area (Å²) in [6, 6.07) is 0. The Labute approximate surface area is 113 Å². The van der Waals surface area contributed by atoms with E-state index in [1.165, 1.54) is 12.1 Å². The first-order chi connectivity index (χ1) is 8.15. The minimum absolute atomic E-state index is 0.363. The van der Waals surface area contributed by atoms with Gasteiger partial charge in [0.15, 0.2) is 0 Å². The number of rotatable bonds is 4. The number of aryl methyl sites for hydroxylation is 2. The van der Waals surface area contributed by atoms with Gasteiger partial charge in [-0.1, -0.05) is 18.5 Å². The molecule has 0 spiro atoms. The maximum atomic E-state index is 6.41. The number of alkyl halides is 1. The molecule has 2 nitrogen and oxygen atoms in total. The molecule has 1 aliphatic rings. The lowest BCUT2D eigenvalue weighted by Crippen LogP contribution is -2.08. The van der Waals surface area contributed by atoms with Gasteiger partial charge in [0.2, 0.25) is 0 Å². The molecule has 1 fully saturated rings. The fourth-order valence-corrected chi connectivity index (χ4v) is 3.41. The van der Waals surface area contributed by atoms with Crippen molar-refractivity contribution in [2.24, 2.45) is 5.92 Å². The van der Waals surface area contributed by atoms with Gasteiger partial charge in [-0.15, -0.1) is 11.6 Å². The van der Waals surface area contributed by atoms with E-state index in [-0.39, 0.29) is 0 Å². The molecular formula is C13H20Cl2N2. The molecule has 1 aromatic rings. The fraction of sp³-hybridized carbons (Fsp3) is 0.769. The highest BCUT2D eigenvalue weighted by Gasteiger charge is 2.26. The molecule has 2 unspecified atom stereocenters. The van der Waals surface area contributed by atoms with Gasteiger partial charge in [-0.2, -0.15) is 5.10 Å². The van der Waals surface area contributed by atoms with Gasteiger partial charge in [0.25, 0.3) is 0 Å². The van der Waals surface area contributed by atoms with Crippen molar-refractivity contribution < 1.29 is 0 Å². The molecule has 0 saturated heterocycles.